The first-order chi connectivity index (χ1) is 11.7. The van der Waals surface area contributed by atoms with Crippen LogP contribution in [-0.2, 0) is 31.3 Å². The number of fused-ring (bicyclic) bond motifs is 1. The van der Waals surface area contributed by atoms with Crippen molar-refractivity contribution in [1.29, 1.82) is 0 Å². The molecule has 0 atom stereocenters. The Morgan fingerprint density at radius 2 is 1.52 bits per heavy atom. The fourth-order valence-corrected chi connectivity index (χ4v) is 4.26. The van der Waals surface area contributed by atoms with Gasteiger partial charge < -0.3 is 5.32 Å². The Bertz CT molecular complexity index is 1050. The van der Waals surface area contributed by atoms with Crippen molar-refractivity contribution < 1.29 is 21.6 Å². The van der Waals surface area contributed by atoms with Gasteiger partial charge in [-0.25, -0.2) is 21.6 Å². The molecule has 1 aliphatic rings. The lowest BCUT2D eigenvalue weighted by molar-refractivity contribution is -0.115. The number of amides is 1. The summed E-state index contributed by atoms with van der Waals surface area (Å²) < 4.78 is 53.0. The van der Waals surface area contributed by atoms with Crippen LogP contribution in [0.1, 0.15) is 5.56 Å². The fraction of sp³-hybridized carbons (Fsp3) is 0.133. The average molecular weight is 381 g/mol. The van der Waals surface area contributed by atoms with Crippen molar-refractivity contribution in [3.05, 3.63) is 48.0 Å². The van der Waals surface area contributed by atoms with Crippen LogP contribution < -0.4 is 14.8 Å². The van der Waals surface area contributed by atoms with E-state index in [9.17, 15) is 21.6 Å². The molecule has 1 heterocycles. The van der Waals surface area contributed by atoms with E-state index in [2.05, 4.69) is 14.8 Å². The summed E-state index contributed by atoms with van der Waals surface area (Å²) in [6, 6.07) is 9.75. The molecular weight excluding hydrogens is 366 g/mol. The van der Waals surface area contributed by atoms with E-state index in [0.717, 1.165) is 0 Å². The SMILES string of the molecule is CNS(=O)(=O)c1ccc(S(=O)(=O)Nc2cccc3c2NC(=O)C3)cc1. The Morgan fingerprint density at radius 3 is 2.12 bits per heavy atom. The molecule has 0 fully saturated rings. The van der Waals surface area contributed by atoms with Gasteiger partial charge in [0.15, 0.2) is 0 Å². The maximum absolute atomic E-state index is 12.5. The number of carbonyl (C=O) groups excluding carboxylic acids is 1. The first kappa shape index (κ1) is 17.4. The van der Waals surface area contributed by atoms with Crippen molar-refractivity contribution in [2.24, 2.45) is 0 Å². The van der Waals surface area contributed by atoms with Crippen LogP contribution in [0.15, 0.2) is 52.3 Å². The minimum atomic E-state index is -3.94. The van der Waals surface area contributed by atoms with Crippen LogP contribution in [0.5, 0.6) is 0 Å². The second-order valence-electron chi connectivity index (χ2n) is 5.35. The number of hydrogen-bond donors (Lipinski definition) is 3. The third kappa shape index (κ3) is 3.36. The standard InChI is InChI=1S/C15H15N3O5S2/c1-16-24(20,21)11-5-7-12(8-6-11)25(22,23)18-13-4-2-3-10-9-14(19)17-15(10)13/h2-8,16,18H,9H2,1H3,(H,17,19). The molecule has 0 radical (unpaired) electrons. The Labute approximate surface area is 145 Å². The molecule has 0 saturated carbocycles. The quantitative estimate of drug-likeness (QED) is 0.710. The lowest BCUT2D eigenvalue weighted by Gasteiger charge is -2.12. The fourth-order valence-electron chi connectivity index (χ4n) is 2.46. The highest BCUT2D eigenvalue weighted by Gasteiger charge is 2.23. The van der Waals surface area contributed by atoms with E-state index in [1.165, 1.54) is 31.3 Å². The summed E-state index contributed by atoms with van der Waals surface area (Å²) in [7, 11) is -6.31. The van der Waals surface area contributed by atoms with Crippen LogP contribution in [-0.4, -0.2) is 29.8 Å². The van der Waals surface area contributed by atoms with Gasteiger partial charge >= 0.3 is 0 Å². The molecule has 3 N–H and O–H groups in total. The number of anilines is 2. The number of sulfonamides is 2. The number of para-hydroxylation sites is 1. The number of hydrogen-bond acceptors (Lipinski definition) is 5. The first-order valence-corrected chi connectivity index (χ1v) is 10.2. The van der Waals surface area contributed by atoms with Gasteiger partial charge in [0.2, 0.25) is 15.9 Å². The van der Waals surface area contributed by atoms with E-state index < -0.39 is 20.0 Å². The highest BCUT2D eigenvalue weighted by atomic mass is 32.2. The minimum absolute atomic E-state index is 0.0400. The monoisotopic (exact) mass is 381 g/mol. The van der Waals surface area contributed by atoms with Crippen molar-refractivity contribution in [3.8, 4) is 0 Å². The maximum Gasteiger partial charge on any atom is 0.261 e. The van der Waals surface area contributed by atoms with Gasteiger partial charge in [0.05, 0.1) is 27.6 Å². The lowest BCUT2D eigenvalue weighted by atomic mass is 10.1. The molecule has 2 aromatic carbocycles. The molecule has 0 aromatic heterocycles. The molecular formula is C15H15N3O5S2. The number of carbonyl (C=O) groups is 1. The Hall–Kier alpha value is -2.43. The van der Waals surface area contributed by atoms with E-state index in [4.69, 9.17) is 0 Å². The topological polar surface area (TPSA) is 121 Å². The van der Waals surface area contributed by atoms with Gasteiger partial charge in [-0.3, -0.25) is 9.52 Å². The number of nitrogens with one attached hydrogen (secondary N) is 3. The molecule has 8 nitrogen and oxygen atoms in total. The predicted molar refractivity (Wildman–Crippen MR) is 92.3 cm³/mol. The van der Waals surface area contributed by atoms with Crippen molar-refractivity contribution in [3.63, 3.8) is 0 Å². The molecule has 1 amide bonds. The summed E-state index contributed by atoms with van der Waals surface area (Å²) in [5, 5.41) is 2.62. The third-order valence-corrected chi connectivity index (χ3v) is 6.54. The molecule has 3 rings (SSSR count). The number of benzene rings is 2. The van der Waals surface area contributed by atoms with Crippen LogP contribution in [0.3, 0.4) is 0 Å². The van der Waals surface area contributed by atoms with Crippen LogP contribution in [0.25, 0.3) is 0 Å². The van der Waals surface area contributed by atoms with Crippen LogP contribution in [0.2, 0.25) is 0 Å². The van der Waals surface area contributed by atoms with Gasteiger partial charge in [0.1, 0.15) is 0 Å². The Kier molecular flexibility index (Phi) is 4.27. The summed E-state index contributed by atoms with van der Waals surface area (Å²) >= 11 is 0. The molecule has 10 heteroatoms. The zero-order chi connectivity index (χ0) is 18.2. The molecule has 1 aliphatic heterocycles. The van der Waals surface area contributed by atoms with Crippen molar-refractivity contribution in [1.82, 2.24) is 4.72 Å². The second kappa shape index (κ2) is 6.14. The molecule has 2 aromatic rings. The van der Waals surface area contributed by atoms with Crippen LogP contribution >= 0.6 is 0 Å². The first-order valence-electron chi connectivity index (χ1n) is 7.21. The van der Waals surface area contributed by atoms with Gasteiger partial charge in [0.25, 0.3) is 10.0 Å². The Balaban J connectivity index is 1.91. The van der Waals surface area contributed by atoms with E-state index in [1.807, 2.05) is 0 Å². The van der Waals surface area contributed by atoms with Gasteiger partial charge in [-0.15, -0.1) is 0 Å². The van der Waals surface area contributed by atoms with E-state index in [1.54, 1.807) is 18.2 Å². The lowest BCUT2D eigenvalue weighted by Crippen LogP contribution is -2.19. The summed E-state index contributed by atoms with van der Waals surface area (Å²) in [5.74, 6) is -0.205. The number of rotatable bonds is 5. The maximum atomic E-state index is 12.5. The van der Waals surface area contributed by atoms with E-state index in [0.29, 0.717) is 11.3 Å². The van der Waals surface area contributed by atoms with Gasteiger partial charge in [-0.1, -0.05) is 12.1 Å². The third-order valence-electron chi connectivity index (χ3n) is 3.72. The summed E-state index contributed by atoms with van der Waals surface area (Å²) in [6.45, 7) is 0. The highest BCUT2D eigenvalue weighted by Crippen LogP contribution is 2.32. The molecule has 0 spiro atoms. The Morgan fingerprint density at radius 1 is 0.920 bits per heavy atom. The molecule has 0 bridgehead atoms. The van der Waals surface area contributed by atoms with Crippen molar-refractivity contribution in [2.75, 3.05) is 17.1 Å². The van der Waals surface area contributed by atoms with Crippen molar-refractivity contribution >= 4 is 37.3 Å². The van der Waals surface area contributed by atoms with E-state index in [-0.39, 0.29) is 27.8 Å². The largest absolute Gasteiger partial charge is 0.324 e. The molecule has 0 saturated heterocycles. The predicted octanol–water partition coefficient (Wildman–Crippen LogP) is 0.890. The molecule has 25 heavy (non-hydrogen) atoms. The normalized spacial score (nSPS) is 14.0. The zero-order valence-corrected chi connectivity index (χ0v) is 14.7. The average Bonchev–Trinajstić information content (AvgIpc) is 2.96. The van der Waals surface area contributed by atoms with Gasteiger partial charge in [-0.05, 0) is 42.9 Å². The zero-order valence-electron chi connectivity index (χ0n) is 13.1. The highest BCUT2D eigenvalue weighted by molar-refractivity contribution is 7.92. The van der Waals surface area contributed by atoms with Crippen LogP contribution in [0, 0.1) is 0 Å². The summed E-state index contributed by atoms with van der Waals surface area (Å²) in [6.07, 6.45) is 0.196. The smallest absolute Gasteiger partial charge is 0.261 e. The summed E-state index contributed by atoms with van der Waals surface area (Å²) in [4.78, 5) is 11.4. The minimum Gasteiger partial charge on any atom is -0.324 e. The second-order valence-corrected chi connectivity index (χ2v) is 8.92. The van der Waals surface area contributed by atoms with Crippen molar-refractivity contribution in [2.45, 2.75) is 16.2 Å². The molecule has 0 aliphatic carbocycles. The summed E-state index contributed by atoms with van der Waals surface area (Å²) in [5.41, 5.74) is 1.40. The molecule has 0 unspecified atom stereocenters. The van der Waals surface area contributed by atoms with Gasteiger partial charge in [0, 0.05) is 0 Å². The molecule has 132 valence electrons. The van der Waals surface area contributed by atoms with Crippen LogP contribution in [0.4, 0.5) is 11.4 Å². The van der Waals surface area contributed by atoms with Gasteiger partial charge in [-0.2, -0.15) is 0 Å². The van der Waals surface area contributed by atoms with E-state index >= 15 is 0 Å².